The zero-order valence-corrected chi connectivity index (χ0v) is 16.2. The average Bonchev–Trinajstić information content (AvgIpc) is 2.65. The normalized spacial score (nSPS) is 16.1. The number of nitrogens with one attached hydrogen (secondary N) is 1. The van der Waals surface area contributed by atoms with E-state index in [1.54, 1.807) is 6.07 Å². The zero-order chi connectivity index (χ0) is 18.7. The van der Waals surface area contributed by atoms with E-state index in [2.05, 4.69) is 15.3 Å². The van der Waals surface area contributed by atoms with Crippen LogP contribution in [-0.4, -0.2) is 34.7 Å². The average molecular weight is 395 g/mol. The number of carbonyl (C=O) groups is 1. The van der Waals surface area contributed by atoms with E-state index in [1.807, 2.05) is 24.8 Å². The highest BCUT2D eigenvalue weighted by molar-refractivity contribution is 7.99. The molecule has 0 unspecified atom stereocenters. The first-order valence-corrected chi connectivity index (χ1v) is 9.91. The monoisotopic (exact) mass is 394 g/mol. The van der Waals surface area contributed by atoms with Crippen molar-refractivity contribution in [1.29, 1.82) is 0 Å². The van der Waals surface area contributed by atoms with Gasteiger partial charge in [0.2, 0.25) is 5.95 Å². The molecule has 1 aliphatic rings. The van der Waals surface area contributed by atoms with Crippen LogP contribution in [0.3, 0.4) is 0 Å². The van der Waals surface area contributed by atoms with Crippen LogP contribution in [0, 0.1) is 5.82 Å². The molecule has 1 N–H and O–H groups in total. The van der Waals surface area contributed by atoms with Gasteiger partial charge in [-0.3, -0.25) is 4.79 Å². The van der Waals surface area contributed by atoms with Gasteiger partial charge in [-0.25, -0.2) is 14.4 Å². The van der Waals surface area contributed by atoms with Crippen molar-refractivity contribution in [3.05, 3.63) is 46.5 Å². The second-order valence-corrected chi connectivity index (χ2v) is 7.37. The quantitative estimate of drug-likeness (QED) is 0.827. The summed E-state index contributed by atoms with van der Waals surface area (Å²) in [5.74, 6) is 0.574. The number of thioether (sulfide) groups is 1. The van der Waals surface area contributed by atoms with Gasteiger partial charge in [0.1, 0.15) is 5.82 Å². The minimum Gasteiger partial charge on any atom is -0.344 e. The van der Waals surface area contributed by atoms with E-state index in [1.165, 1.54) is 24.0 Å². The molecule has 1 aromatic carbocycles. The summed E-state index contributed by atoms with van der Waals surface area (Å²) in [5, 5.41) is 3.15. The summed E-state index contributed by atoms with van der Waals surface area (Å²) in [4.78, 5) is 23.9. The molecule has 0 spiro atoms. The maximum atomic E-state index is 14.0. The Morgan fingerprint density at radius 1 is 1.42 bits per heavy atom. The van der Waals surface area contributed by atoms with Crippen LogP contribution in [0.5, 0.6) is 0 Å². The number of rotatable bonds is 5. The minimum absolute atomic E-state index is 0.139. The van der Waals surface area contributed by atoms with E-state index >= 15 is 0 Å². The molecule has 0 aliphatic carbocycles. The number of hydrogen-bond donors (Lipinski definition) is 1. The lowest BCUT2D eigenvalue weighted by molar-refractivity contribution is 0.0929. The topological polar surface area (TPSA) is 58.1 Å². The molecule has 2 aromatic rings. The molecule has 0 saturated heterocycles. The summed E-state index contributed by atoms with van der Waals surface area (Å²) in [5.41, 5.74) is 0.934. The first-order valence-electron chi connectivity index (χ1n) is 8.54. The lowest BCUT2D eigenvalue weighted by Gasteiger charge is -2.26. The highest BCUT2D eigenvalue weighted by Gasteiger charge is 2.26. The molecule has 1 amide bonds. The molecule has 1 atom stereocenters. The number of halogens is 2. The molecule has 26 heavy (non-hydrogen) atoms. The third kappa shape index (κ3) is 3.78. The Balaban J connectivity index is 1.86. The van der Waals surface area contributed by atoms with Crippen LogP contribution in [0.2, 0.25) is 5.02 Å². The van der Waals surface area contributed by atoms with Crippen molar-refractivity contribution >= 4 is 35.2 Å². The predicted octanol–water partition coefficient (Wildman–Crippen LogP) is 4.08. The van der Waals surface area contributed by atoms with E-state index in [4.69, 9.17) is 11.6 Å². The minimum atomic E-state index is -0.377. The van der Waals surface area contributed by atoms with Gasteiger partial charge in [0, 0.05) is 23.7 Å². The highest BCUT2D eigenvalue weighted by Crippen LogP contribution is 2.37. The SMILES string of the molecule is CCN(CC)c1ncc(Cl)c(C(=O)N[C@@H]2CCSc3c(F)cccc32)n1. The fourth-order valence-corrected chi connectivity index (χ4v) is 4.26. The first-order chi connectivity index (χ1) is 12.5. The number of carbonyl (C=O) groups excluding carboxylic acids is 1. The Hall–Kier alpha value is -1.86. The second-order valence-electron chi connectivity index (χ2n) is 5.86. The molecule has 1 aliphatic heterocycles. The number of fused-ring (bicyclic) bond motifs is 1. The van der Waals surface area contributed by atoms with Gasteiger partial charge in [0.25, 0.3) is 5.91 Å². The van der Waals surface area contributed by atoms with E-state index < -0.39 is 0 Å². The summed E-state index contributed by atoms with van der Waals surface area (Å²) in [6.45, 7) is 5.44. The van der Waals surface area contributed by atoms with Gasteiger partial charge in [-0.1, -0.05) is 23.7 Å². The van der Waals surface area contributed by atoms with Crippen LogP contribution in [-0.2, 0) is 0 Å². The van der Waals surface area contributed by atoms with E-state index in [0.29, 0.717) is 10.8 Å². The lowest BCUT2D eigenvalue weighted by Crippen LogP contribution is -2.32. The van der Waals surface area contributed by atoms with Crippen molar-refractivity contribution in [3.63, 3.8) is 0 Å². The van der Waals surface area contributed by atoms with E-state index in [9.17, 15) is 9.18 Å². The van der Waals surface area contributed by atoms with Gasteiger partial charge in [0.05, 0.1) is 17.3 Å². The standard InChI is InChI=1S/C18H20ClFN4OS/c1-3-24(4-2)18-21-10-12(19)15(23-18)17(25)22-14-8-9-26-16-11(14)6-5-7-13(16)20/h5-7,10,14H,3-4,8-9H2,1-2H3,(H,22,25)/t14-/m1/s1. The van der Waals surface area contributed by atoms with Gasteiger partial charge in [-0.2, -0.15) is 0 Å². The van der Waals surface area contributed by atoms with Gasteiger partial charge in [-0.05, 0) is 31.9 Å². The van der Waals surface area contributed by atoms with Gasteiger partial charge in [0.15, 0.2) is 5.69 Å². The van der Waals surface area contributed by atoms with Crippen molar-refractivity contribution in [2.45, 2.75) is 31.2 Å². The van der Waals surface area contributed by atoms with Crippen LogP contribution in [0.15, 0.2) is 29.3 Å². The number of amides is 1. The molecular weight excluding hydrogens is 375 g/mol. The molecule has 0 bridgehead atoms. The molecule has 2 heterocycles. The molecule has 1 aromatic heterocycles. The fraction of sp³-hybridized carbons (Fsp3) is 0.389. The number of nitrogens with zero attached hydrogens (tertiary/aromatic N) is 3. The number of anilines is 1. The Morgan fingerprint density at radius 3 is 2.92 bits per heavy atom. The zero-order valence-electron chi connectivity index (χ0n) is 14.6. The van der Waals surface area contributed by atoms with Gasteiger partial charge in [-0.15, -0.1) is 11.8 Å². The maximum Gasteiger partial charge on any atom is 0.272 e. The van der Waals surface area contributed by atoms with E-state index in [0.717, 1.165) is 30.8 Å². The highest BCUT2D eigenvalue weighted by atomic mass is 35.5. The summed E-state index contributed by atoms with van der Waals surface area (Å²) in [6, 6.07) is 4.68. The summed E-state index contributed by atoms with van der Waals surface area (Å²) >= 11 is 7.63. The van der Waals surface area contributed by atoms with Gasteiger partial charge < -0.3 is 10.2 Å². The molecule has 3 rings (SSSR count). The van der Waals surface area contributed by atoms with Crippen molar-refractivity contribution in [1.82, 2.24) is 15.3 Å². The Labute approximate surface area is 161 Å². The predicted molar refractivity (Wildman–Crippen MR) is 103 cm³/mol. The van der Waals surface area contributed by atoms with Crippen molar-refractivity contribution < 1.29 is 9.18 Å². The van der Waals surface area contributed by atoms with Crippen molar-refractivity contribution in [3.8, 4) is 0 Å². The maximum absolute atomic E-state index is 14.0. The Bertz CT molecular complexity index is 816. The van der Waals surface area contributed by atoms with E-state index in [-0.39, 0.29) is 28.5 Å². The second kappa shape index (κ2) is 8.22. The number of benzene rings is 1. The van der Waals surface area contributed by atoms with Crippen LogP contribution < -0.4 is 10.2 Å². The largest absolute Gasteiger partial charge is 0.344 e. The van der Waals surface area contributed by atoms with Crippen molar-refractivity contribution in [2.75, 3.05) is 23.7 Å². The van der Waals surface area contributed by atoms with Crippen LogP contribution in [0.1, 0.15) is 42.4 Å². The molecule has 0 radical (unpaired) electrons. The third-order valence-corrected chi connectivity index (χ3v) is 5.76. The molecular formula is C18H20ClFN4OS. The molecule has 0 fully saturated rings. The third-order valence-electron chi connectivity index (χ3n) is 4.32. The number of hydrogen-bond acceptors (Lipinski definition) is 5. The smallest absolute Gasteiger partial charge is 0.272 e. The molecule has 0 saturated carbocycles. The molecule has 8 heteroatoms. The summed E-state index contributed by atoms with van der Waals surface area (Å²) < 4.78 is 14.0. The lowest BCUT2D eigenvalue weighted by atomic mass is 10.0. The van der Waals surface area contributed by atoms with Crippen LogP contribution >= 0.6 is 23.4 Å². The first kappa shape index (κ1) is 18.9. The van der Waals surface area contributed by atoms with Crippen LogP contribution in [0.4, 0.5) is 10.3 Å². The summed E-state index contributed by atoms with van der Waals surface area (Å²) in [6.07, 6.45) is 2.17. The molecule has 5 nitrogen and oxygen atoms in total. The van der Waals surface area contributed by atoms with Crippen molar-refractivity contribution in [2.24, 2.45) is 0 Å². The Morgan fingerprint density at radius 2 is 2.19 bits per heavy atom. The number of aromatic nitrogens is 2. The Kier molecular flexibility index (Phi) is 5.98. The molecule has 138 valence electrons. The fourth-order valence-electron chi connectivity index (χ4n) is 2.94. The van der Waals surface area contributed by atoms with Gasteiger partial charge >= 0.3 is 0 Å². The summed E-state index contributed by atoms with van der Waals surface area (Å²) in [7, 11) is 0. The van der Waals surface area contributed by atoms with Crippen LogP contribution in [0.25, 0.3) is 0 Å².